The molecule has 0 unspecified atom stereocenters. The first-order chi connectivity index (χ1) is 11.2. The summed E-state index contributed by atoms with van der Waals surface area (Å²) in [6.07, 6.45) is 0. The highest BCUT2D eigenvalue weighted by Gasteiger charge is 2.33. The minimum Gasteiger partial charge on any atom is -0.399 e. The fraction of sp³-hybridized carbons (Fsp3) is 0.278. The number of anilines is 3. The molecule has 2 aliphatic rings. The third-order valence-corrected chi connectivity index (χ3v) is 5.49. The molecule has 4 nitrogen and oxygen atoms in total. The van der Waals surface area contributed by atoms with Gasteiger partial charge in [-0.2, -0.15) is 0 Å². The Bertz CT molecular complexity index is 728. The molecule has 1 amide bonds. The molecule has 5 heteroatoms. The molecule has 118 valence electrons. The van der Waals surface area contributed by atoms with E-state index in [1.54, 1.807) is 11.8 Å². The van der Waals surface area contributed by atoms with Gasteiger partial charge in [0, 0.05) is 41.8 Å². The van der Waals surface area contributed by atoms with Crippen molar-refractivity contribution >= 4 is 34.7 Å². The number of amides is 1. The van der Waals surface area contributed by atoms with Crippen LogP contribution in [0, 0.1) is 5.92 Å². The molecule has 23 heavy (non-hydrogen) atoms. The van der Waals surface area contributed by atoms with Crippen LogP contribution in [0.4, 0.5) is 17.1 Å². The summed E-state index contributed by atoms with van der Waals surface area (Å²) >= 11 is 1.60. The Kier molecular flexibility index (Phi) is 3.65. The normalized spacial score (nSPS) is 17.8. The molecule has 0 radical (unpaired) electrons. The number of carbonyl (C=O) groups is 1. The van der Waals surface area contributed by atoms with Gasteiger partial charge in [0.05, 0.1) is 11.4 Å². The number of thioether (sulfide) groups is 1. The Morgan fingerprint density at radius 2 is 1.91 bits per heavy atom. The van der Waals surface area contributed by atoms with Gasteiger partial charge in [-0.1, -0.05) is 18.2 Å². The van der Waals surface area contributed by atoms with Crippen LogP contribution in [0.15, 0.2) is 53.4 Å². The van der Waals surface area contributed by atoms with Gasteiger partial charge in [-0.25, -0.2) is 0 Å². The zero-order valence-corrected chi connectivity index (χ0v) is 13.6. The monoisotopic (exact) mass is 325 g/mol. The largest absolute Gasteiger partial charge is 0.399 e. The van der Waals surface area contributed by atoms with Crippen LogP contribution in [0.2, 0.25) is 0 Å². The summed E-state index contributed by atoms with van der Waals surface area (Å²) in [6, 6.07) is 16.3. The van der Waals surface area contributed by atoms with Crippen LogP contribution in [0.25, 0.3) is 0 Å². The molecule has 4 rings (SSSR count). The van der Waals surface area contributed by atoms with E-state index in [1.807, 2.05) is 29.2 Å². The number of benzene rings is 2. The van der Waals surface area contributed by atoms with Gasteiger partial charge in [-0.3, -0.25) is 4.79 Å². The van der Waals surface area contributed by atoms with Gasteiger partial charge in [0.2, 0.25) is 5.91 Å². The van der Waals surface area contributed by atoms with Crippen molar-refractivity contribution in [1.82, 2.24) is 0 Å². The van der Waals surface area contributed by atoms with Gasteiger partial charge >= 0.3 is 0 Å². The summed E-state index contributed by atoms with van der Waals surface area (Å²) in [4.78, 5) is 17.8. The van der Waals surface area contributed by atoms with Crippen LogP contribution in [0.3, 0.4) is 0 Å². The highest BCUT2D eigenvalue weighted by molar-refractivity contribution is 8.00. The quantitative estimate of drug-likeness (QED) is 0.882. The smallest absolute Gasteiger partial charge is 0.237 e. The van der Waals surface area contributed by atoms with Crippen LogP contribution in [0.5, 0.6) is 0 Å². The second kappa shape index (κ2) is 5.81. The van der Waals surface area contributed by atoms with E-state index in [0.717, 1.165) is 30.2 Å². The number of carbonyl (C=O) groups excluding carboxylic acids is 1. The van der Waals surface area contributed by atoms with E-state index < -0.39 is 0 Å². The molecule has 1 saturated heterocycles. The molecular weight excluding hydrogens is 306 g/mol. The standard InChI is InChI=1S/C18H19N3OS/c19-14-6-7-17-16(8-14)21(18(22)12-23-17)11-13-9-20(10-13)15-4-2-1-3-5-15/h1-8,13H,9-12,19H2. The van der Waals surface area contributed by atoms with Crippen LogP contribution in [-0.2, 0) is 4.79 Å². The summed E-state index contributed by atoms with van der Waals surface area (Å²) in [5.74, 6) is 1.22. The van der Waals surface area contributed by atoms with E-state index in [-0.39, 0.29) is 5.91 Å². The molecule has 0 bridgehead atoms. The minimum atomic E-state index is 0.186. The van der Waals surface area contributed by atoms with E-state index >= 15 is 0 Å². The fourth-order valence-electron chi connectivity index (χ4n) is 3.21. The number of nitrogens with zero attached hydrogens (tertiary/aromatic N) is 2. The van der Waals surface area contributed by atoms with Crippen molar-refractivity contribution in [2.45, 2.75) is 4.90 Å². The summed E-state index contributed by atoms with van der Waals surface area (Å²) in [5, 5.41) is 0. The molecule has 2 aliphatic heterocycles. The highest BCUT2D eigenvalue weighted by Crippen LogP contribution is 2.37. The second-order valence-electron chi connectivity index (χ2n) is 6.13. The number of hydrogen-bond donors (Lipinski definition) is 1. The second-order valence-corrected chi connectivity index (χ2v) is 7.14. The Morgan fingerprint density at radius 3 is 2.70 bits per heavy atom. The van der Waals surface area contributed by atoms with Gasteiger partial charge in [0.1, 0.15) is 0 Å². The van der Waals surface area contributed by atoms with Crippen molar-refractivity contribution in [2.75, 3.05) is 40.9 Å². The fourth-order valence-corrected chi connectivity index (χ4v) is 4.13. The number of para-hydroxylation sites is 1. The molecule has 0 atom stereocenters. The molecule has 1 fully saturated rings. The number of nitrogen functional groups attached to an aromatic ring is 1. The third kappa shape index (κ3) is 2.77. The predicted molar refractivity (Wildman–Crippen MR) is 96.1 cm³/mol. The summed E-state index contributed by atoms with van der Waals surface area (Å²) in [6.45, 7) is 2.77. The molecule has 0 aliphatic carbocycles. The van der Waals surface area contributed by atoms with Gasteiger partial charge in [-0.15, -0.1) is 11.8 Å². The van der Waals surface area contributed by atoms with Gasteiger partial charge in [-0.05, 0) is 30.3 Å². The minimum absolute atomic E-state index is 0.186. The van der Waals surface area contributed by atoms with Crippen molar-refractivity contribution in [1.29, 1.82) is 0 Å². The van der Waals surface area contributed by atoms with Gasteiger partial charge in [0.25, 0.3) is 0 Å². The Labute approximate surface area is 140 Å². The van der Waals surface area contributed by atoms with Crippen LogP contribution in [0.1, 0.15) is 0 Å². The number of hydrogen-bond acceptors (Lipinski definition) is 4. The molecule has 0 saturated carbocycles. The average molecular weight is 325 g/mol. The van der Waals surface area contributed by atoms with Crippen molar-refractivity contribution in [2.24, 2.45) is 5.92 Å². The maximum absolute atomic E-state index is 12.3. The van der Waals surface area contributed by atoms with Crippen molar-refractivity contribution in [3.63, 3.8) is 0 Å². The molecule has 2 heterocycles. The molecule has 0 spiro atoms. The topological polar surface area (TPSA) is 49.6 Å². The number of nitrogens with two attached hydrogens (primary N) is 1. The maximum Gasteiger partial charge on any atom is 0.237 e. The van der Waals surface area contributed by atoms with Crippen molar-refractivity contribution < 1.29 is 4.79 Å². The van der Waals surface area contributed by atoms with E-state index in [9.17, 15) is 4.79 Å². The van der Waals surface area contributed by atoms with E-state index in [0.29, 0.717) is 17.4 Å². The van der Waals surface area contributed by atoms with Gasteiger partial charge in [0.15, 0.2) is 0 Å². The number of rotatable bonds is 3. The zero-order chi connectivity index (χ0) is 15.8. The third-order valence-electron chi connectivity index (χ3n) is 4.45. The molecular formula is C18H19N3OS. The average Bonchev–Trinajstić information content (AvgIpc) is 2.53. The lowest BCUT2D eigenvalue weighted by Crippen LogP contribution is -2.53. The lowest BCUT2D eigenvalue weighted by molar-refractivity contribution is -0.116. The molecule has 0 aromatic heterocycles. The summed E-state index contributed by atoms with van der Waals surface area (Å²) in [5.41, 5.74) is 8.86. The number of fused-ring (bicyclic) bond motifs is 1. The first-order valence-electron chi connectivity index (χ1n) is 7.83. The maximum atomic E-state index is 12.3. The van der Waals surface area contributed by atoms with E-state index in [1.165, 1.54) is 5.69 Å². The predicted octanol–water partition coefficient (Wildman–Crippen LogP) is 2.84. The first kappa shape index (κ1) is 14.5. The molecule has 2 N–H and O–H groups in total. The Morgan fingerprint density at radius 1 is 1.13 bits per heavy atom. The highest BCUT2D eigenvalue weighted by atomic mass is 32.2. The van der Waals surface area contributed by atoms with E-state index in [2.05, 4.69) is 29.2 Å². The lowest BCUT2D eigenvalue weighted by Gasteiger charge is -2.44. The van der Waals surface area contributed by atoms with Crippen LogP contribution in [-0.4, -0.2) is 31.3 Å². The Balaban J connectivity index is 1.46. The summed E-state index contributed by atoms with van der Waals surface area (Å²) < 4.78 is 0. The summed E-state index contributed by atoms with van der Waals surface area (Å²) in [7, 11) is 0. The molecule has 2 aromatic rings. The van der Waals surface area contributed by atoms with Gasteiger partial charge < -0.3 is 15.5 Å². The van der Waals surface area contributed by atoms with Crippen LogP contribution < -0.4 is 15.5 Å². The van der Waals surface area contributed by atoms with Crippen molar-refractivity contribution in [3.8, 4) is 0 Å². The Hall–Kier alpha value is -2.14. The SMILES string of the molecule is Nc1ccc2c(c1)N(CC1CN(c3ccccc3)C1)C(=O)CS2. The van der Waals surface area contributed by atoms with Crippen molar-refractivity contribution in [3.05, 3.63) is 48.5 Å². The van der Waals surface area contributed by atoms with E-state index in [4.69, 9.17) is 5.73 Å². The van der Waals surface area contributed by atoms with Crippen LogP contribution >= 0.6 is 11.8 Å². The lowest BCUT2D eigenvalue weighted by atomic mass is 9.98. The molecule has 2 aromatic carbocycles. The first-order valence-corrected chi connectivity index (χ1v) is 8.82. The zero-order valence-electron chi connectivity index (χ0n) is 12.8.